The second-order valence-electron chi connectivity index (χ2n) is 2.43. The van der Waals surface area contributed by atoms with Gasteiger partial charge in [-0.3, -0.25) is 0 Å². The van der Waals surface area contributed by atoms with Gasteiger partial charge < -0.3 is 5.32 Å². The SMILES string of the molecule is CCC(C)C(C)NC#N. The van der Waals surface area contributed by atoms with Crippen molar-refractivity contribution in [1.82, 2.24) is 5.32 Å². The summed E-state index contributed by atoms with van der Waals surface area (Å²) < 4.78 is 0. The van der Waals surface area contributed by atoms with Crippen LogP contribution in [-0.4, -0.2) is 6.04 Å². The van der Waals surface area contributed by atoms with Crippen molar-refractivity contribution < 1.29 is 0 Å². The van der Waals surface area contributed by atoms with Gasteiger partial charge in [0, 0.05) is 6.04 Å². The first kappa shape index (κ1) is 8.29. The maximum Gasteiger partial charge on any atom is 0.176 e. The van der Waals surface area contributed by atoms with Gasteiger partial charge in [0.25, 0.3) is 0 Å². The zero-order chi connectivity index (χ0) is 7.28. The Kier molecular flexibility index (Phi) is 3.87. The molecule has 0 fully saturated rings. The van der Waals surface area contributed by atoms with Crippen LogP contribution < -0.4 is 5.32 Å². The van der Waals surface area contributed by atoms with Crippen molar-refractivity contribution in [3.8, 4) is 6.19 Å². The Morgan fingerprint density at radius 1 is 1.56 bits per heavy atom. The molecule has 0 aliphatic carbocycles. The maximum absolute atomic E-state index is 8.22. The Labute approximate surface area is 56.9 Å². The normalized spacial score (nSPS) is 15.8. The number of nitrogens with one attached hydrogen (secondary N) is 1. The fourth-order valence-electron chi connectivity index (χ4n) is 0.598. The molecule has 0 bridgehead atoms. The molecule has 2 nitrogen and oxygen atoms in total. The molecule has 0 aliphatic heterocycles. The molecule has 0 spiro atoms. The fraction of sp³-hybridized carbons (Fsp3) is 0.857. The Hall–Kier alpha value is -0.710. The standard InChI is InChI=1S/C7H14N2/c1-4-6(2)7(3)9-5-8/h6-7,9H,4H2,1-3H3. The largest absolute Gasteiger partial charge is 0.321 e. The second kappa shape index (κ2) is 4.20. The minimum Gasteiger partial charge on any atom is -0.321 e. The molecule has 0 heterocycles. The molecule has 0 amide bonds. The van der Waals surface area contributed by atoms with Gasteiger partial charge in [0.15, 0.2) is 6.19 Å². The van der Waals surface area contributed by atoms with Crippen LogP contribution in [0.2, 0.25) is 0 Å². The van der Waals surface area contributed by atoms with Crippen molar-refractivity contribution in [2.45, 2.75) is 33.2 Å². The van der Waals surface area contributed by atoms with E-state index in [1.54, 1.807) is 0 Å². The van der Waals surface area contributed by atoms with Gasteiger partial charge in [-0.15, -0.1) is 0 Å². The summed E-state index contributed by atoms with van der Waals surface area (Å²) >= 11 is 0. The van der Waals surface area contributed by atoms with Crippen LogP contribution in [0.4, 0.5) is 0 Å². The summed E-state index contributed by atoms with van der Waals surface area (Å²) in [5.74, 6) is 0.588. The first-order chi connectivity index (χ1) is 4.22. The number of rotatable bonds is 3. The van der Waals surface area contributed by atoms with Gasteiger partial charge in [0.1, 0.15) is 0 Å². The topological polar surface area (TPSA) is 35.8 Å². The van der Waals surface area contributed by atoms with E-state index in [1.807, 2.05) is 13.1 Å². The third-order valence-corrected chi connectivity index (χ3v) is 1.79. The summed E-state index contributed by atoms with van der Waals surface area (Å²) in [6.45, 7) is 6.28. The number of hydrogen-bond donors (Lipinski definition) is 1. The van der Waals surface area contributed by atoms with Crippen LogP contribution in [0, 0.1) is 17.4 Å². The van der Waals surface area contributed by atoms with Crippen LogP contribution in [0.15, 0.2) is 0 Å². The molecule has 0 radical (unpaired) electrons. The van der Waals surface area contributed by atoms with E-state index in [2.05, 4.69) is 19.2 Å². The van der Waals surface area contributed by atoms with Crippen LogP contribution in [0.5, 0.6) is 0 Å². The van der Waals surface area contributed by atoms with E-state index < -0.39 is 0 Å². The van der Waals surface area contributed by atoms with E-state index in [0.29, 0.717) is 12.0 Å². The first-order valence-corrected chi connectivity index (χ1v) is 3.37. The van der Waals surface area contributed by atoms with Crippen molar-refractivity contribution in [1.29, 1.82) is 5.26 Å². The van der Waals surface area contributed by atoms with E-state index in [9.17, 15) is 0 Å². The molecule has 0 aromatic rings. The van der Waals surface area contributed by atoms with Crippen LogP contribution in [0.1, 0.15) is 27.2 Å². The molecule has 0 saturated carbocycles. The lowest BCUT2D eigenvalue weighted by atomic mass is 10.0. The quantitative estimate of drug-likeness (QED) is 0.459. The maximum atomic E-state index is 8.22. The van der Waals surface area contributed by atoms with E-state index in [-0.39, 0.29) is 0 Å². The highest BCUT2D eigenvalue weighted by Gasteiger charge is 2.06. The molecule has 0 aromatic carbocycles. The lowest BCUT2D eigenvalue weighted by Gasteiger charge is -2.15. The van der Waals surface area contributed by atoms with Gasteiger partial charge in [0.05, 0.1) is 0 Å². The Morgan fingerprint density at radius 3 is 2.44 bits per heavy atom. The zero-order valence-corrected chi connectivity index (χ0v) is 6.31. The average Bonchev–Trinajstić information content (AvgIpc) is 1.87. The molecule has 2 atom stereocenters. The van der Waals surface area contributed by atoms with Gasteiger partial charge in [-0.05, 0) is 12.8 Å². The molecule has 9 heavy (non-hydrogen) atoms. The molecule has 0 rings (SSSR count). The third-order valence-electron chi connectivity index (χ3n) is 1.79. The van der Waals surface area contributed by atoms with Crippen LogP contribution in [0.25, 0.3) is 0 Å². The highest BCUT2D eigenvalue weighted by molar-refractivity contribution is 4.75. The lowest BCUT2D eigenvalue weighted by Crippen LogP contribution is -2.27. The second-order valence-corrected chi connectivity index (χ2v) is 2.43. The third kappa shape index (κ3) is 2.97. The zero-order valence-electron chi connectivity index (χ0n) is 6.31. The number of nitriles is 1. The highest BCUT2D eigenvalue weighted by Crippen LogP contribution is 2.05. The molecule has 52 valence electrons. The number of nitrogens with zero attached hydrogens (tertiary/aromatic N) is 1. The van der Waals surface area contributed by atoms with E-state index in [0.717, 1.165) is 6.42 Å². The van der Waals surface area contributed by atoms with E-state index >= 15 is 0 Å². The van der Waals surface area contributed by atoms with Gasteiger partial charge in [-0.2, -0.15) is 5.26 Å². The van der Waals surface area contributed by atoms with Crippen LogP contribution >= 0.6 is 0 Å². The lowest BCUT2D eigenvalue weighted by molar-refractivity contribution is 0.431. The van der Waals surface area contributed by atoms with Gasteiger partial charge >= 0.3 is 0 Å². The van der Waals surface area contributed by atoms with Crippen molar-refractivity contribution in [3.63, 3.8) is 0 Å². The van der Waals surface area contributed by atoms with Crippen molar-refractivity contribution in [2.24, 2.45) is 5.92 Å². The molecular weight excluding hydrogens is 112 g/mol. The van der Waals surface area contributed by atoms with Crippen molar-refractivity contribution >= 4 is 0 Å². The fourth-order valence-corrected chi connectivity index (χ4v) is 0.598. The summed E-state index contributed by atoms with van der Waals surface area (Å²) in [6, 6.07) is 0.319. The van der Waals surface area contributed by atoms with E-state index in [1.165, 1.54) is 0 Å². The van der Waals surface area contributed by atoms with E-state index in [4.69, 9.17) is 5.26 Å². The molecule has 2 unspecified atom stereocenters. The summed E-state index contributed by atoms with van der Waals surface area (Å²) in [5.41, 5.74) is 0. The predicted octanol–water partition coefficient (Wildman–Crippen LogP) is 1.49. The van der Waals surface area contributed by atoms with Crippen molar-refractivity contribution in [2.75, 3.05) is 0 Å². The predicted molar refractivity (Wildman–Crippen MR) is 37.7 cm³/mol. The minimum absolute atomic E-state index is 0.319. The van der Waals surface area contributed by atoms with Gasteiger partial charge in [-0.1, -0.05) is 20.3 Å². The molecule has 0 aromatic heterocycles. The first-order valence-electron chi connectivity index (χ1n) is 3.37. The van der Waals surface area contributed by atoms with Gasteiger partial charge in [0.2, 0.25) is 0 Å². The smallest absolute Gasteiger partial charge is 0.176 e. The Bertz CT molecular complexity index is 104. The summed E-state index contributed by atoms with van der Waals surface area (Å²) in [4.78, 5) is 0. The number of hydrogen-bond acceptors (Lipinski definition) is 2. The molecule has 0 saturated heterocycles. The Balaban J connectivity index is 3.48. The Morgan fingerprint density at radius 2 is 2.11 bits per heavy atom. The molecule has 2 heteroatoms. The monoisotopic (exact) mass is 126 g/mol. The summed E-state index contributed by atoms with van der Waals surface area (Å²) in [6.07, 6.45) is 3.05. The molecule has 1 N–H and O–H groups in total. The van der Waals surface area contributed by atoms with Crippen LogP contribution in [0.3, 0.4) is 0 Å². The minimum atomic E-state index is 0.319. The average molecular weight is 126 g/mol. The highest BCUT2D eigenvalue weighted by atomic mass is 14.9. The van der Waals surface area contributed by atoms with Gasteiger partial charge in [-0.25, -0.2) is 0 Å². The summed E-state index contributed by atoms with van der Waals surface area (Å²) in [5, 5.41) is 10.9. The summed E-state index contributed by atoms with van der Waals surface area (Å²) in [7, 11) is 0. The molecular formula is C7H14N2. The van der Waals surface area contributed by atoms with Crippen LogP contribution in [-0.2, 0) is 0 Å². The molecule has 0 aliphatic rings. The van der Waals surface area contributed by atoms with Crippen molar-refractivity contribution in [3.05, 3.63) is 0 Å².